The first kappa shape index (κ1) is 13.8. The zero-order chi connectivity index (χ0) is 12.8. The molecular formula is C14H20FNO. The van der Waals surface area contributed by atoms with E-state index >= 15 is 0 Å². The zero-order valence-corrected chi connectivity index (χ0v) is 10.4. The van der Waals surface area contributed by atoms with E-state index in [1.54, 1.807) is 12.1 Å². The topological polar surface area (TPSA) is 43.1 Å². The molecular weight excluding hydrogens is 217 g/mol. The highest BCUT2D eigenvalue weighted by molar-refractivity contribution is 5.97. The number of nitrogens with two attached hydrogens (primary N) is 1. The molecule has 2 nitrogen and oxygen atoms in total. The number of carbonyl (C=O) groups is 1. The van der Waals surface area contributed by atoms with Gasteiger partial charge in [-0.05, 0) is 44.0 Å². The van der Waals surface area contributed by atoms with Crippen LogP contribution in [0.2, 0.25) is 0 Å². The van der Waals surface area contributed by atoms with Crippen LogP contribution in [0.3, 0.4) is 0 Å². The molecule has 2 N–H and O–H groups in total. The second-order valence-corrected chi connectivity index (χ2v) is 4.68. The first-order valence-corrected chi connectivity index (χ1v) is 6.06. The van der Waals surface area contributed by atoms with Gasteiger partial charge in [0.2, 0.25) is 0 Å². The summed E-state index contributed by atoms with van der Waals surface area (Å²) in [5, 5.41) is 0. The van der Waals surface area contributed by atoms with E-state index < -0.39 is 0 Å². The molecule has 0 aromatic heterocycles. The Balaban J connectivity index is 2.49. The second kappa shape index (κ2) is 6.50. The van der Waals surface area contributed by atoms with E-state index in [0.717, 1.165) is 19.3 Å². The number of benzene rings is 1. The summed E-state index contributed by atoms with van der Waals surface area (Å²) >= 11 is 0. The standard InChI is InChI=1S/C14H20FNO/c1-10(4-3-5-11(2)16)14(17)12-6-8-13(15)9-7-12/h6-11H,3-5,16H2,1-2H3. The Labute approximate surface area is 102 Å². The number of carbonyl (C=O) groups excluding carboxylic acids is 1. The summed E-state index contributed by atoms with van der Waals surface area (Å²) in [5.74, 6) is -0.264. The van der Waals surface area contributed by atoms with E-state index in [0.29, 0.717) is 5.56 Å². The van der Waals surface area contributed by atoms with Gasteiger partial charge in [0.25, 0.3) is 0 Å². The number of halogens is 1. The van der Waals surface area contributed by atoms with E-state index in [9.17, 15) is 9.18 Å². The molecule has 0 aliphatic rings. The van der Waals surface area contributed by atoms with Crippen molar-refractivity contribution in [3.05, 3.63) is 35.6 Å². The molecule has 0 spiro atoms. The van der Waals surface area contributed by atoms with E-state index in [2.05, 4.69) is 0 Å². The van der Waals surface area contributed by atoms with Crippen molar-refractivity contribution in [2.75, 3.05) is 0 Å². The summed E-state index contributed by atoms with van der Waals surface area (Å²) in [6.45, 7) is 3.87. The Hall–Kier alpha value is -1.22. The average Bonchev–Trinajstić information content (AvgIpc) is 2.28. The van der Waals surface area contributed by atoms with Gasteiger partial charge >= 0.3 is 0 Å². The van der Waals surface area contributed by atoms with Crippen LogP contribution in [0.1, 0.15) is 43.5 Å². The maximum absolute atomic E-state index is 12.7. The molecule has 0 fully saturated rings. The molecule has 0 aliphatic carbocycles. The maximum atomic E-state index is 12.7. The van der Waals surface area contributed by atoms with Gasteiger partial charge in [0.1, 0.15) is 5.82 Å². The Morgan fingerprint density at radius 2 is 1.82 bits per heavy atom. The van der Waals surface area contributed by atoms with Crippen molar-refractivity contribution in [1.82, 2.24) is 0 Å². The summed E-state index contributed by atoms with van der Waals surface area (Å²) < 4.78 is 12.7. The van der Waals surface area contributed by atoms with Gasteiger partial charge in [0.05, 0.1) is 0 Å². The van der Waals surface area contributed by atoms with Crippen molar-refractivity contribution in [3.63, 3.8) is 0 Å². The van der Waals surface area contributed by atoms with Crippen molar-refractivity contribution in [2.24, 2.45) is 11.7 Å². The van der Waals surface area contributed by atoms with Crippen LogP contribution in [0.5, 0.6) is 0 Å². The molecule has 0 heterocycles. The SMILES string of the molecule is CC(N)CCCC(C)C(=O)c1ccc(F)cc1. The number of hydrogen-bond donors (Lipinski definition) is 1. The minimum Gasteiger partial charge on any atom is -0.328 e. The third-order valence-corrected chi connectivity index (χ3v) is 2.87. The van der Waals surface area contributed by atoms with Crippen LogP contribution in [0.4, 0.5) is 4.39 Å². The van der Waals surface area contributed by atoms with Crippen molar-refractivity contribution >= 4 is 5.78 Å². The molecule has 0 saturated heterocycles. The van der Waals surface area contributed by atoms with Crippen LogP contribution >= 0.6 is 0 Å². The van der Waals surface area contributed by atoms with Crippen LogP contribution in [0, 0.1) is 11.7 Å². The van der Waals surface area contributed by atoms with E-state index in [4.69, 9.17) is 5.73 Å². The number of hydrogen-bond acceptors (Lipinski definition) is 2. The molecule has 1 aromatic rings. The summed E-state index contributed by atoms with van der Waals surface area (Å²) in [4.78, 5) is 12.0. The van der Waals surface area contributed by atoms with Gasteiger partial charge in [-0.2, -0.15) is 0 Å². The van der Waals surface area contributed by atoms with E-state index in [1.807, 2.05) is 13.8 Å². The number of Topliss-reactive ketones (excluding diaryl/α,β-unsaturated/α-hetero) is 1. The van der Waals surface area contributed by atoms with Gasteiger partial charge < -0.3 is 5.73 Å². The first-order valence-electron chi connectivity index (χ1n) is 6.06. The highest BCUT2D eigenvalue weighted by Crippen LogP contribution is 2.15. The Morgan fingerprint density at radius 3 is 2.35 bits per heavy atom. The minimum atomic E-state index is -0.314. The highest BCUT2D eigenvalue weighted by Gasteiger charge is 2.14. The summed E-state index contributed by atoms with van der Waals surface area (Å²) in [6, 6.07) is 5.91. The van der Waals surface area contributed by atoms with Crippen molar-refractivity contribution in [1.29, 1.82) is 0 Å². The molecule has 0 saturated carbocycles. The summed E-state index contributed by atoms with van der Waals surface area (Å²) in [6.07, 6.45) is 2.71. The van der Waals surface area contributed by atoms with Gasteiger partial charge in [0, 0.05) is 17.5 Å². The Bertz CT molecular complexity index is 359. The lowest BCUT2D eigenvalue weighted by Gasteiger charge is -2.11. The zero-order valence-electron chi connectivity index (χ0n) is 10.4. The molecule has 0 bridgehead atoms. The average molecular weight is 237 g/mol. The number of ketones is 1. The Morgan fingerprint density at radius 1 is 1.24 bits per heavy atom. The molecule has 1 aromatic carbocycles. The molecule has 94 valence electrons. The molecule has 17 heavy (non-hydrogen) atoms. The lowest BCUT2D eigenvalue weighted by Crippen LogP contribution is -2.16. The number of rotatable bonds is 6. The van der Waals surface area contributed by atoms with E-state index in [1.165, 1.54) is 12.1 Å². The van der Waals surface area contributed by atoms with Gasteiger partial charge in [-0.15, -0.1) is 0 Å². The van der Waals surface area contributed by atoms with Crippen LogP contribution in [0.25, 0.3) is 0 Å². The quantitative estimate of drug-likeness (QED) is 0.772. The van der Waals surface area contributed by atoms with Crippen LogP contribution in [-0.2, 0) is 0 Å². The van der Waals surface area contributed by atoms with Gasteiger partial charge in [-0.25, -0.2) is 4.39 Å². The van der Waals surface area contributed by atoms with Gasteiger partial charge in [-0.1, -0.05) is 13.3 Å². The van der Waals surface area contributed by atoms with Crippen molar-refractivity contribution < 1.29 is 9.18 Å². The van der Waals surface area contributed by atoms with Crippen LogP contribution < -0.4 is 5.73 Å². The molecule has 1 rings (SSSR count). The van der Waals surface area contributed by atoms with Crippen molar-refractivity contribution in [3.8, 4) is 0 Å². The predicted octanol–water partition coefficient (Wildman–Crippen LogP) is 3.16. The van der Waals surface area contributed by atoms with Crippen LogP contribution in [0.15, 0.2) is 24.3 Å². The summed E-state index contributed by atoms with van der Waals surface area (Å²) in [5.41, 5.74) is 6.24. The fourth-order valence-corrected chi connectivity index (χ4v) is 1.78. The summed E-state index contributed by atoms with van der Waals surface area (Å²) in [7, 11) is 0. The lowest BCUT2D eigenvalue weighted by molar-refractivity contribution is 0.0922. The predicted molar refractivity (Wildman–Crippen MR) is 67.4 cm³/mol. The fraction of sp³-hybridized carbons (Fsp3) is 0.500. The maximum Gasteiger partial charge on any atom is 0.165 e. The molecule has 0 radical (unpaired) electrons. The largest absolute Gasteiger partial charge is 0.328 e. The first-order chi connectivity index (χ1) is 8.00. The third kappa shape index (κ3) is 4.65. The normalized spacial score (nSPS) is 14.4. The lowest BCUT2D eigenvalue weighted by atomic mass is 9.94. The monoisotopic (exact) mass is 237 g/mol. The van der Waals surface area contributed by atoms with Gasteiger partial charge in [0.15, 0.2) is 5.78 Å². The molecule has 2 atom stereocenters. The molecule has 2 unspecified atom stereocenters. The van der Waals surface area contributed by atoms with Crippen LogP contribution in [-0.4, -0.2) is 11.8 Å². The fourth-order valence-electron chi connectivity index (χ4n) is 1.78. The van der Waals surface area contributed by atoms with Gasteiger partial charge in [-0.3, -0.25) is 4.79 Å². The smallest absolute Gasteiger partial charge is 0.165 e. The third-order valence-electron chi connectivity index (χ3n) is 2.87. The molecule has 0 amide bonds. The van der Waals surface area contributed by atoms with E-state index in [-0.39, 0.29) is 23.6 Å². The minimum absolute atomic E-state index is 0.0285. The highest BCUT2D eigenvalue weighted by atomic mass is 19.1. The Kier molecular flexibility index (Phi) is 5.29. The second-order valence-electron chi connectivity index (χ2n) is 4.68. The molecule has 3 heteroatoms. The molecule has 0 aliphatic heterocycles. The van der Waals surface area contributed by atoms with Crippen molar-refractivity contribution in [2.45, 2.75) is 39.2 Å².